The van der Waals surface area contributed by atoms with Crippen LogP contribution in [0.2, 0.25) is 0 Å². The van der Waals surface area contributed by atoms with Crippen LogP contribution in [0.25, 0.3) is 0 Å². The Bertz CT molecular complexity index is 829. The molecule has 1 aliphatic rings. The van der Waals surface area contributed by atoms with E-state index >= 15 is 0 Å². The summed E-state index contributed by atoms with van der Waals surface area (Å²) in [6, 6.07) is -0.363. The van der Waals surface area contributed by atoms with Gasteiger partial charge in [-0.2, -0.15) is 5.10 Å². The Labute approximate surface area is 190 Å². The number of amides is 3. The Kier molecular flexibility index (Phi) is 8.65. The van der Waals surface area contributed by atoms with Crippen LogP contribution in [-0.2, 0) is 21.4 Å². The number of likely N-dealkylation sites (tertiary alicyclic amines) is 1. The summed E-state index contributed by atoms with van der Waals surface area (Å²) >= 11 is 0. The van der Waals surface area contributed by atoms with Gasteiger partial charge in [0.25, 0.3) is 0 Å². The molecule has 2 rings (SSSR count). The highest BCUT2D eigenvalue weighted by atomic mass is 16.6. The van der Waals surface area contributed by atoms with E-state index in [1.165, 1.54) is 0 Å². The van der Waals surface area contributed by atoms with Crippen LogP contribution < -0.4 is 16.0 Å². The number of anilines is 1. The molecule has 0 radical (unpaired) electrons. The van der Waals surface area contributed by atoms with Crippen molar-refractivity contribution in [2.75, 3.05) is 31.5 Å². The van der Waals surface area contributed by atoms with Gasteiger partial charge in [0.15, 0.2) is 0 Å². The quantitative estimate of drug-likeness (QED) is 0.545. The molecule has 2 unspecified atom stereocenters. The van der Waals surface area contributed by atoms with Crippen molar-refractivity contribution in [1.82, 2.24) is 25.3 Å². The second kappa shape index (κ2) is 10.8. The minimum Gasteiger partial charge on any atom is -0.444 e. The highest BCUT2D eigenvalue weighted by molar-refractivity contribution is 5.95. The Morgan fingerprint density at radius 1 is 1.19 bits per heavy atom. The van der Waals surface area contributed by atoms with Gasteiger partial charge in [-0.25, -0.2) is 4.79 Å². The molecule has 1 saturated heterocycles. The average molecular weight is 451 g/mol. The van der Waals surface area contributed by atoms with E-state index in [9.17, 15) is 14.4 Å². The summed E-state index contributed by atoms with van der Waals surface area (Å²) in [7, 11) is 1.85. The summed E-state index contributed by atoms with van der Waals surface area (Å²) in [6.45, 7) is 12.9. The van der Waals surface area contributed by atoms with Gasteiger partial charge in [0, 0.05) is 26.7 Å². The number of hydrogen-bond donors (Lipinski definition) is 3. The molecule has 0 bridgehead atoms. The zero-order valence-electron chi connectivity index (χ0n) is 20.4. The van der Waals surface area contributed by atoms with E-state index < -0.39 is 11.7 Å². The second-order valence-corrected chi connectivity index (χ2v) is 9.39. The fourth-order valence-corrected chi connectivity index (χ4v) is 3.73. The first-order chi connectivity index (χ1) is 14.9. The maximum Gasteiger partial charge on any atom is 0.407 e. The van der Waals surface area contributed by atoms with E-state index in [1.54, 1.807) is 25.5 Å². The highest BCUT2D eigenvalue weighted by Gasteiger charge is 2.31. The molecule has 1 aromatic rings. The summed E-state index contributed by atoms with van der Waals surface area (Å²) in [5, 5.41) is 12.8. The van der Waals surface area contributed by atoms with Crippen molar-refractivity contribution in [3.63, 3.8) is 0 Å². The summed E-state index contributed by atoms with van der Waals surface area (Å²) in [6.07, 6.45) is 1.11. The average Bonchev–Trinajstić information content (AvgIpc) is 2.95. The van der Waals surface area contributed by atoms with Crippen LogP contribution in [0.4, 0.5) is 10.5 Å². The van der Waals surface area contributed by atoms with Crippen molar-refractivity contribution in [3.05, 3.63) is 11.4 Å². The molecule has 1 aliphatic heterocycles. The number of carbonyl (C=O) groups is 3. The molecular weight excluding hydrogens is 412 g/mol. The predicted octanol–water partition coefficient (Wildman–Crippen LogP) is 1.72. The number of nitrogens with zero attached hydrogens (tertiary/aromatic N) is 3. The number of piperidine rings is 1. The lowest BCUT2D eigenvalue weighted by atomic mass is 9.96. The van der Waals surface area contributed by atoms with Crippen LogP contribution in [0.15, 0.2) is 0 Å². The first-order valence-electron chi connectivity index (χ1n) is 11.2. The van der Waals surface area contributed by atoms with Crippen molar-refractivity contribution >= 4 is 23.6 Å². The van der Waals surface area contributed by atoms with Crippen LogP contribution in [0, 0.1) is 19.8 Å². The Hall–Kier alpha value is -2.62. The summed E-state index contributed by atoms with van der Waals surface area (Å²) in [5.74, 6) is -0.360. The van der Waals surface area contributed by atoms with Crippen molar-refractivity contribution in [3.8, 4) is 0 Å². The number of aryl methyl sites for hydroxylation is 2. The van der Waals surface area contributed by atoms with Crippen LogP contribution in [0.1, 0.15) is 51.9 Å². The van der Waals surface area contributed by atoms with Crippen LogP contribution >= 0.6 is 0 Å². The zero-order chi connectivity index (χ0) is 24.1. The number of hydrogen-bond acceptors (Lipinski definition) is 6. The van der Waals surface area contributed by atoms with Crippen LogP contribution in [-0.4, -0.2) is 70.4 Å². The Morgan fingerprint density at radius 2 is 1.84 bits per heavy atom. The van der Waals surface area contributed by atoms with Gasteiger partial charge in [-0.15, -0.1) is 0 Å². The molecule has 3 amide bonds. The van der Waals surface area contributed by atoms with Gasteiger partial charge in [0.05, 0.1) is 29.0 Å². The number of nitrogens with one attached hydrogen (secondary N) is 3. The van der Waals surface area contributed by atoms with Crippen molar-refractivity contribution in [2.24, 2.45) is 13.0 Å². The number of carbonyl (C=O) groups excluding carboxylic acids is 3. The predicted molar refractivity (Wildman–Crippen MR) is 122 cm³/mol. The normalized spacial score (nSPS) is 18.0. The summed E-state index contributed by atoms with van der Waals surface area (Å²) in [4.78, 5) is 39.1. The molecule has 1 aromatic heterocycles. The SMILES string of the molecule is Cc1nn(C)c(C)c1NC(=O)C(C)N1CCCC(C(=O)NCCNC(=O)OC(C)(C)C)C1. The minimum atomic E-state index is -0.559. The van der Waals surface area contributed by atoms with Crippen molar-refractivity contribution < 1.29 is 19.1 Å². The minimum absolute atomic E-state index is 0.0627. The van der Waals surface area contributed by atoms with Crippen LogP contribution in [0.3, 0.4) is 0 Å². The van der Waals surface area contributed by atoms with E-state index in [0.29, 0.717) is 19.6 Å². The van der Waals surface area contributed by atoms with Gasteiger partial charge in [0.2, 0.25) is 11.8 Å². The molecule has 1 fully saturated rings. The molecule has 10 heteroatoms. The fraction of sp³-hybridized carbons (Fsp3) is 0.727. The summed E-state index contributed by atoms with van der Waals surface area (Å²) < 4.78 is 6.91. The van der Waals surface area contributed by atoms with Gasteiger partial charge < -0.3 is 20.7 Å². The Balaban J connectivity index is 1.81. The lowest BCUT2D eigenvalue weighted by molar-refractivity contribution is -0.129. The molecule has 0 aromatic carbocycles. The second-order valence-electron chi connectivity index (χ2n) is 9.39. The first kappa shape index (κ1) is 25.6. The largest absolute Gasteiger partial charge is 0.444 e. The third-order valence-electron chi connectivity index (χ3n) is 5.60. The van der Waals surface area contributed by atoms with Gasteiger partial charge in [0.1, 0.15) is 5.60 Å². The molecule has 2 atom stereocenters. The van der Waals surface area contributed by atoms with Gasteiger partial charge in [-0.3, -0.25) is 19.2 Å². The van der Waals surface area contributed by atoms with Gasteiger partial charge in [-0.1, -0.05) is 0 Å². The van der Waals surface area contributed by atoms with E-state index in [-0.39, 0.29) is 23.8 Å². The number of alkyl carbamates (subject to hydrolysis) is 1. The van der Waals surface area contributed by atoms with E-state index in [2.05, 4.69) is 21.0 Å². The molecule has 0 saturated carbocycles. The topological polar surface area (TPSA) is 118 Å². The molecule has 0 spiro atoms. The standard InChI is InChI=1S/C22H38N6O4/c1-14-18(15(2)27(7)26-14)25-19(29)16(3)28-12-8-9-17(13-28)20(30)23-10-11-24-21(31)32-22(4,5)6/h16-17H,8-13H2,1-7H3,(H,23,30)(H,24,31)(H,25,29). The van der Waals surface area contributed by atoms with Crippen molar-refractivity contribution in [2.45, 2.75) is 66.0 Å². The highest BCUT2D eigenvalue weighted by Crippen LogP contribution is 2.22. The molecule has 3 N–H and O–H groups in total. The molecule has 10 nitrogen and oxygen atoms in total. The fourth-order valence-electron chi connectivity index (χ4n) is 3.73. The number of ether oxygens (including phenoxy) is 1. The molecule has 32 heavy (non-hydrogen) atoms. The van der Waals surface area contributed by atoms with E-state index in [0.717, 1.165) is 36.5 Å². The van der Waals surface area contributed by atoms with Crippen molar-refractivity contribution in [1.29, 1.82) is 0 Å². The van der Waals surface area contributed by atoms with Crippen LogP contribution in [0.5, 0.6) is 0 Å². The zero-order valence-corrected chi connectivity index (χ0v) is 20.4. The van der Waals surface area contributed by atoms with E-state index in [4.69, 9.17) is 4.74 Å². The molecule has 180 valence electrons. The Morgan fingerprint density at radius 3 is 2.44 bits per heavy atom. The lowest BCUT2D eigenvalue weighted by Crippen LogP contribution is -2.50. The number of rotatable bonds is 7. The van der Waals surface area contributed by atoms with E-state index in [1.807, 2.05) is 32.7 Å². The van der Waals surface area contributed by atoms with Gasteiger partial charge >= 0.3 is 6.09 Å². The molecular formula is C22H38N6O4. The first-order valence-corrected chi connectivity index (χ1v) is 11.2. The summed E-state index contributed by atoms with van der Waals surface area (Å²) in [5.41, 5.74) is 1.87. The smallest absolute Gasteiger partial charge is 0.407 e. The third-order valence-corrected chi connectivity index (χ3v) is 5.60. The van der Waals surface area contributed by atoms with Gasteiger partial charge in [-0.05, 0) is 60.9 Å². The maximum atomic E-state index is 12.8. The molecule has 0 aliphatic carbocycles. The third kappa shape index (κ3) is 7.22. The maximum absolute atomic E-state index is 12.8. The monoisotopic (exact) mass is 450 g/mol. The lowest BCUT2D eigenvalue weighted by Gasteiger charge is -2.35. The number of aromatic nitrogens is 2. The molecule has 2 heterocycles.